The molecule has 0 unspecified atom stereocenters. The van der Waals surface area contributed by atoms with Gasteiger partial charge in [-0.15, -0.1) is 0 Å². The number of anilines is 1. The van der Waals surface area contributed by atoms with Gasteiger partial charge in [0.25, 0.3) is 0 Å². The summed E-state index contributed by atoms with van der Waals surface area (Å²) in [4.78, 5) is 42.7. The van der Waals surface area contributed by atoms with Gasteiger partial charge in [0.15, 0.2) is 0 Å². The number of aliphatic carboxylic acids is 3. The zero-order valence-electron chi connectivity index (χ0n) is 25.8. The summed E-state index contributed by atoms with van der Waals surface area (Å²) in [5, 5.41) is 29.0. The lowest BCUT2D eigenvalue weighted by atomic mass is 10.0. The van der Waals surface area contributed by atoms with Gasteiger partial charge >= 0.3 is 36.4 Å². The number of hydrogen-bond acceptors (Lipinski definition) is 9. The van der Waals surface area contributed by atoms with Crippen LogP contribution in [-0.2, 0) is 47.6 Å². The molecule has 4 aromatic rings. The van der Waals surface area contributed by atoms with Gasteiger partial charge in [0.2, 0.25) is 5.95 Å². The van der Waals surface area contributed by atoms with Gasteiger partial charge in [0, 0.05) is 74.7 Å². The fourth-order valence-electron chi connectivity index (χ4n) is 3.88. The van der Waals surface area contributed by atoms with Crippen molar-refractivity contribution in [2.75, 3.05) is 5.32 Å². The van der Waals surface area contributed by atoms with Crippen LogP contribution in [0.15, 0.2) is 67.4 Å². The van der Waals surface area contributed by atoms with Gasteiger partial charge in [-0.2, -0.15) is 44.6 Å². The largest absolute Gasteiger partial charge is 0.490 e. The molecule has 13 nitrogen and oxygen atoms in total. The smallest absolute Gasteiger partial charge is 0.475 e. The first-order valence-corrected chi connectivity index (χ1v) is 13.7. The molecule has 0 bridgehead atoms. The third kappa shape index (κ3) is 14.3. The Labute approximate surface area is 281 Å². The lowest BCUT2D eigenvalue weighted by molar-refractivity contribution is -0.193. The first-order valence-electron chi connectivity index (χ1n) is 13.7. The van der Waals surface area contributed by atoms with Crippen molar-refractivity contribution < 1.29 is 69.2 Å². The number of hydrogen-bond donors (Lipinski definition) is 4. The second kappa shape index (κ2) is 17.7. The van der Waals surface area contributed by atoms with Crippen LogP contribution in [0, 0.1) is 0 Å². The van der Waals surface area contributed by atoms with Crippen LogP contribution in [0.4, 0.5) is 45.5 Å². The van der Waals surface area contributed by atoms with E-state index in [0.29, 0.717) is 12.5 Å². The van der Waals surface area contributed by atoms with E-state index in [4.69, 9.17) is 34.7 Å². The number of carbonyl (C=O) groups is 3. The first-order chi connectivity index (χ1) is 23.6. The van der Waals surface area contributed by atoms with E-state index in [-0.39, 0.29) is 0 Å². The van der Waals surface area contributed by atoms with E-state index in [0.717, 1.165) is 36.5 Å². The summed E-state index contributed by atoms with van der Waals surface area (Å²) in [7, 11) is 1.95. The van der Waals surface area contributed by atoms with Gasteiger partial charge in [-0.1, -0.05) is 30.3 Å². The van der Waals surface area contributed by atoms with Crippen LogP contribution in [0.25, 0.3) is 11.3 Å². The lowest BCUT2D eigenvalue weighted by Crippen LogP contribution is -2.21. The fourth-order valence-corrected chi connectivity index (χ4v) is 3.88. The molecule has 5 rings (SSSR count). The first kappa shape index (κ1) is 41.4. The van der Waals surface area contributed by atoms with Gasteiger partial charge in [-0.3, -0.25) is 14.6 Å². The van der Waals surface area contributed by atoms with Crippen LogP contribution in [-0.4, -0.2) is 81.4 Å². The van der Waals surface area contributed by atoms with Gasteiger partial charge in [0.05, 0.1) is 11.9 Å². The Morgan fingerprint density at radius 1 is 0.765 bits per heavy atom. The normalized spacial score (nSPS) is 12.5. The minimum Gasteiger partial charge on any atom is -0.475 e. The third-order valence-electron chi connectivity index (χ3n) is 5.99. The standard InChI is InChI=1S/C23H23N7.3C2HF3O2/c1-29-13-18(11-27-29)14-30-15-19-6-2-3-7-21(19)22-20(16-30)12-26-23(28-22)25-10-17-5-4-8-24-9-17;3*3-2(4,5)1(6)7/h2-9,11-13H,10,14-16H2,1H3,(H,25,26,28);3*(H,6,7). The number of pyridine rings is 1. The number of aromatic nitrogens is 5. The van der Waals surface area contributed by atoms with Crippen molar-refractivity contribution in [1.82, 2.24) is 29.6 Å². The van der Waals surface area contributed by atoms with Crippen LogP contribution in [0.2, 0.25) is 0 Å². The number of fused-ring (bicyclic) bond motifs is 3. The molecule has 0 radical (unpaired) electrons. The SMILES string of the molecule is Cn1cc(CN2Cc3ccccc3-c3nc(NCc4cccnc4)ncc3C2)cn1.O=C(O)C(F)(F)F.O=C(O)C(F)(F)F.O=C(O)C(F)(F)F. The molecule has 1 aliphatic heterocycles. The van der Waals surface area contributed by atoms with Crippen molar-refractivity contribution in [2.45, 2.75) is 44.7 Å². The molecular formula is C29H26F9N7O6. The quantitative estimate of drug-likeness (QED) is 0.194. The molecule has 4 heterocycles. The minimum absolute atomic E-state index is 0.633. The van der Waals surface area contributed by atoms with Gasteiger partial charge in [0.1, 0.15) is 0 Å². The predicted molar refractivity (Wildman–Crippen MR) is 156 cm³/mol. The zero-order valence-corrected chi connectivity index (χ0v) is 25.8. The Morgan fingerprint density at radius 2 is 1.31 bits per heavy atom. The maximum Gasteiger partial charge on any atom is 0.490 e. The molecule has 0 spiro atoms. The van der Waals surface area contributed by atoms with Crippen molar-refractivity contribution in [3.63, 3.8) is 0 Å². The number of aryl methyl sites for hydroxylation is 1. The van der Waals surface area contributed by atoms with Crippen molar-refractivity contribution in [3.8, 4) is 11.3 Å². The number of nitrogens with one attached hydrogen (secondary N) is 1. The summed E-state index contributed by atoms with van der Waals surface area (Å²) in [6.07, 6.45) is -5.68. The Hall–Kier alpha value is -5.80. The minimum atomic E-state index is -5.08. The van der Waals surface area contributed by atoms with E-state index >= 15 is 0 Å². The maximum absolute atomic E-state index is 10.6. The number of rotatable bonds is 5. The average molecular weight is 740 g/mol. The number of nitrogens with zero attached hydrogens (tertiary/aromatic N) is 6. The van der Waals surface area contributed by atoms with E-state index in [1.165, 1.54) is 16.7 Å². The molecule has 0 amide bonds. The molecule has 22 heteroatoms. The molecule has 0 aliphatic carbocycles. The summed E-state index contributed by atoms with van der Waals surface area (Å²) in [6, 6.07) is 12.5. The second-order valence-electron chi connectivity index (χ2n) is 10.0. The van der Waals surface area contributed by atoms with Gasteiger partial charge in [-0.05, 0) is 17.2 Å². The fraction of sp³-hybridized carbons (Fsp3) is 0.276. The van der Waals surface area contributed by atoms with Crippen molar-refractivity contribution in [1.29, 1.82) is 0 Å². The van der Waals surface area contributed by atoms with E-state index < -0.39 is 36.4 Å². The lowest BCUT2D eigenvalue weighted by Gasteiger charge is -2.20. The maximum atomic E-state index is 10.6. The molecular weight excluding hydrogens is 713 g/mol. The number of benzene rings is 1. The van der Waals surface area contributed by atoms with E-state index in [9.17, 15) is 39.5 Å². The van der Waals surface area contributed by atoms with Crippen molar-refractivity contribution >= 4 is 23.9 Å². The van der Waals surface area contributed by atoms with Gasteiger partial charge in [-0.25, -0.2) is 24.4 Å². The molecule has 4 N–H and O–H groups in total. The zero-order chi connectivity index (χ0) is 38.6. The average Bonchev–Trinajstić information content (AvgIpc) is 3.37. The number of carboxylic acids is 3. The molecule has 0 saturated carbocycles. The monoisotopic (exact) mass is 739 g/mol. The summed E-state index contributed by atoms with van der Waals surface area (Å²) < 4.78 is 97.1. The molecule has 3 aromatic heterocycles. The Morgan fingerprint density at radius 3 is 1.80 bits per heavy atom. The molecule has 1 aromatic carbocycles. The van der Waals surface area contributed by atoms with Crippen LogP contribution >= 0.6 is 0 Å². The summed E-state index contributed by atoms with van der Waals surface area (Å²) in [5.41, 5.74) is 6.89. The van der Waals surface area contributed by atoms with Gasteiger partial charge < -0.3 is 20.6 Å². The number of alkyl halides is 9. The highest BCUT2D eigenvalue weighted by molar-refractivity contribution is 5.73. The van der Waals surface area contributed by atoms with E-state index in [1.54, 1.807) is 6.20 Å². The number of carboxylic acid groups (broad SMARTS) is 3. The van der Waals surface area contributed by atoms with Crippen molar-refractivity contribution in [2.24, 2.45) is 7.05 Å². The Kier molecular flexibility index (Phi) is 14.4. The van der Waals surface area contributed by atoms with Crippen LogP contribution in [0.5, 0.6) is 0 Å². The van der Waals surface area contributed by atoms with Crippen LogP contribution in [0.1, 0.15) is 22.3 Å². The molecule has 276 valence electrons. The van der Waals surface area contributed by atoms with Crippen LogP contribution in [0.3, 0.4) is 0 Å². The molecule has 0 fully saturated rings. The second-order valence-corrected chi connectivity index (χ2v) is 10.0. The predicted octanol–water partition coefficient (Wildman–Crippen LogP) is 5.30. The summed E-state index contributed by atoms with van der Waals surface area (Å²) >= 11 is 0. The Bertz CT molecular complexity index is 1710. The van der Waals surface area contributed by atoms with Crippen LogP contribution < -0.4 is 5.32 Å². The molecule has 0 saturated heterocycles. The highest BCUT2D eigenvalue weighted by atomic mass is 19.4. The topological polar surface area (TPSA) is 184 Å². The third-order valence-corrected chi connectivity index (χ3v) is 5.99. The highest BCUT2D eigenvalue weighted by Crippen LogP contribution is 2.32. The Balaban J connectivity index is 0.000000352. The molecule has 1 aliphatic rings. The van der Waals surface area contributed by atoms with E-state index in [1.807, 2.05) is 42.5 Å². The summed E-state index contributed by atoms with van der Waals surface area (Å²) in [6.45, 7) is 3.13. The molecule has 51 heavy (non-hydrogen) atoms. The highest BCUT2D eigenvalue weighted by Gasteiger charge is 2.39. The number of halogens is 9. The molecule has 0 atom stereocenters. The van der Waals surface area contributed by atoms with Crippen molar-refractivity contribution in [3.05, 3.63) is 89.6 Å². The summed E-state index contributed by atoms with van der Waals surface area (Å²) in [5.74, 6) is -7.64. The van der Waals surface area contributed by atoms with E-state index in [2.05, 4.69) is 55.7 Å².